The zero-order chi connectivity index (χ0) is 16.0. The van der Waals surface area contributed by atoms with Gasteiger partial charge in [-0.05, 0) is 39.0 Å². The molecule has 1 aliphatic carbocycles. The third-order valence-electron chi connectivity index (χ3n) is 4.52. The van der Waals surface area contributed by atoms with Crippen LogP contribution >= 0.6 is 11.3 Å². The van der Waals surface area contributed by atoms with Crippen LogP contribution < -0.4 is 10.6 Å². The van der Waals surface area contributed by atoms with Crippen molar-refractivity contribution in [1.82, 2.24) is 15.6 Å². The van der Waals surface area contributed by atoms with Gasteiger partial charge in [-0.25, -0.2) is 9.78 Å². The van der Waals surface area contributed by atoms with Crippen molar-refractivity contribution in [2.45, 2.75) is 58.4 Å². The van der Waals surface area contributed by atoms with E-state index in [0.29, 0.717) is 6.54 Å². The number of hydrogen-bond donors (Lipinski definition) is 3. The summed E-state index contributed by atoms with van der Waals surface area (Å²) < 4.78 is 0. The number of nitrogens with one attached hydrogen (secondary N) is 2. The normalized spacial score (nSPS) is 24.4. The van der Waals surface area contributed by atoms with Gasteiger partial charge in [-0.2, -0.15) is 0 Å². The van der Waals surface area contributed by atoms with Crippen LogP contribution in [-0.2, 0) is 6.42 Å². The van der Waals surface area contributed by atoms with Gasteiger partial charge in [0.2, 0.25) is 0 Å². The molecular weight excluding hydrogens is 298 g/mol. The van der Waals surface area contributed by atoms with Gasteiger partial charge in [-0.3, -0.25) is 0 Å². The Morgan fingerprint density at radius 1 is 1.55 bits per heavy atom. The summed E-state index contributed by atoms with van der Waals surface area (Å²) in [4.78, 5) is 16.4. The van der Waals surface area contributed by atoms with Crippen molar-refractivity contribution >= 4 is 17.4 Å². The summed E-state index contributed by atoms with van der Waals surface area (Å²) in [6.45, 7) is 4.86. The Labute approximate surface area is 136 Å². The van der Waals surface area contributed by atoms with Crippen molar-refractivity contribution in [3.05, 3.63) is 16.1 Å². The first-order valence-corrected chi connectivity index (χ1v) is 8.98. The molecule has 0 radical (unpaired) electrons. The first-order valence-electron chi connectivity index (χ1n) is 8.10. The summed E-state index contributed by atoms with van der Waals surface area (Å²) in [5.74, 6) is 0. The lowest BCUT2D eigenvalue weighted by atomic mass is 9.86. The molecule has 0 bridgehead atoms. The first kappa shape index (κ1) is 17.2. The lowest BCUT2D eigenvalue weighted by Gasteiger charge is -2.30. The fourth-order valence-corrected chi connectivity index (χ4v) is 3.82. The third kappa shape index (κ3) is 4.68. The molecule has 1 aromatic heterocycles. The van der Waals surface area contributed by atoms with Gasteiger partial charge in [0.25, 0.3) is 0 Å². The lowest BCUT2D eigenvalue weighted by molar-refractivity contribution is 0.121. The van der Waals surface area contributed by atoms with E-state index in [9.17, 15) is 9.90 Å². The molecule has 5 nitrogen and oxygen atoms in total. The number of urea groups is 1. The minimum absolute atomic E-state index is 0.0794. The number of aryl methyl sites for hydroxylation is 2. The van der Waals surface area contributed by atoms with Crippen molar-refractivity contribution < 1.29 is 9.90 Å². The number of rotatable bonds is 7. The van der Waals surface area contributed by atoms with Crippen molar-refractivity contribution in [2.24, 2.45) is 5.41 Å². The molecule has 0 aromatic carbocycles. The molecule has 1 saturated carbocycles. The molecule has 0 saturated heterocycles. The molecule has 3 N–H and O–H groups in total. The number of unbranched alkanes of at least 4 members (excludes halogenated alkanes) is 1. The Morgan fingerprint density at radius 2 is 2.36 bits per heavy atom. The van der Waals surface area contributed by atoms with E-state index in [1.807, 2.05) is 13.8 Å². The van der Waals surface area contributed by atoms with Gasteiger partial charge in [0.1, 0.15) is 0 Å². The standard InChI is InChI=1S/C16H27N3O2S/c1-12-10-22-14(18-12)7-3-4-9-17-15(21)19-13-6-5-8-16(13,2)11-20/h10,13,20H,3-9,11H2,1-2H3,(H2,17,19,21). The average molecular weight is 325 g/mol. The summed E-state index contributed by atoms with van der Waals surface area (Å²) in [5, 5.41) is 18.7. The summed E-state index contributed by atoms with van der Waals surface area (Å²) in [5.41, 5.74) is 0.918. The number of nitrogens with zero attached hydrogens (tertiary/aromatic N) is 1. The van der Waals surface area contributed by atoms with Gasteiger partial charge in [0.15, 0.2) is 0 Å². The van der Waals surface area contributed by atoms with Crippen LogP contribution in [0.1, 0.15) is 49.7 Å². The van der Waals surface area contributed by atoms with Crippen LogP contribution in [-0.4, -0.2) is 35.3 Å². The van der Waals surface area contributed by atoms with Crippen LogP contribution in [0.25, 0.3) is 0 Å². The van der Waals surface area contributed by atoms with E-state index in [4.69, 9.17) is 0 Å². The molecule has 0 spiro atoms. The topological polar surface area (TPSA) is 74.2 Å². The average Bonchev–Trinajstić information content (AvgIpc) is 3.06. The number of thiazole rings is 1. The van der Waals surface area contributed by atoms with Crippen LogP contribution in [0.4, 0.5) is 4.79 Å². The van der Waals surface area contributed by atoms with Gasteiger partial charge < -0.3 is 15.7 Å². The second kappa shape index (κ2) is 7.92. The zero-order valence-electron chi connectivity index (χ0n) is 13.5. The van der Waals surface area contributed by atoms with E-state index in [0.717, 1.165) is 44.2 Å². The highest BCUT2D eigenvalue weighted by molar-refractivity contribution is 7.09. The highest BCUT2D eigenvalue weighted by Crippen LogP contribution is 2.37. The maximum absolute atomic E-state index is 11.9. The summed E-state index contributed by atoms with van der Waals surface area (Å²) >= 11 is 1.70. The third-order valence-corrected chi connectivity index (χ3v) is 5.54. The van der Waals surface area contributed by atoms with E-state index in [1.54, 1.807) is 11.3 Å². The van der Waals surface area contributed by atoms with E-state index in [1.165, 1.54) is 5.01 Å². The second-order valence-corrected chi connectivity index (χ2v) is 7.44. The van der Waals surface area contributed by atoms with Gasteiger partial charge in [0.05, 0.1) is 11.6 Å². The number of aliphatic hydroxyl groups excluding tert-OH is 1. The molecule has 2 unspecified atom stereocenters. The fourth-order valence-electron chi connectivity index (χ4n) is 3.00. The Balaban J connectivity index is 1.60. The van der Waals surface area contributed by atoms with Crippen LogP contribution in [0.2, 0.25) is 0 Å². The maximum atomic E-state index is 11.9. The second-order valence-electron chi connectivity index (χ2n) is 6.50. The fraction of sp³-hybridized carbons (Fsp3) is 0.750. The minimum atomic E-state index is -0.167. The molecule has 2 atom stereocenters. The van der Waals surface area contributed by atoms with Crippen LogP contribution in [0.15, 0.2) is 5.38 Å². The number of carbonyl (C=O) groups is 1. The lowest BCUT2D eigenvalue weighted by Crippen LogP contribution is -2.48. The molecule has 124 valence electrons. The van der Waals surface area contributed by atoms with Crippen molar-refractivity contribution in [1.29, 1.82) is 0 Å². The minimum Gasteiger partial charge on any atom is -0.396 e. The van der Waals surface area contributed by atoms with Gasteiger partial charge >= 0.3 is 6.03 Å². The van der Waals surface area contributed by atoms with Gasteiger partial charge in [0, 0.05) is 29.1 Å². The highest BCUT2D eigenvalue weighted by Gasteiger charge is 2.38. The monoisotopic (exact) mass is 325 g/mol. The summed E-state index contributed by atoms with van der Waals surface area (Å²) in [6.07, 6.45) is 5.96. The van der Waals surface area contributed by atoms with Crippen molar-refractivity contribution in [3.8, 4) is 0 Å². The summed E-state index contributed by atoms with van der Waals surface area (Å²) in [6, 6.07) is -0.0348. The number of aliphatic hydroxyl groups is 1. The number of amides is 2. The highest BCUT2D eigenvalue weighted by atomic mass is 32.1. The number of hydrogen-bond acceptors (Lipinski definition) is 4. The van der Waals surface area contributed by atoms with Gasteiger partial charge in [-0.1, -0.05) is 13.3 Å². The molecule has 2 amide bonds. The molecular formula is C16H27N3O2S. The van der Waals surface area contributed by atoms with Crippen molar-refractivity contribution in [3.63, 3.8) is 0 Å². The van der Waals surface area contributed by atoms with E-state index in [2.05, 4.69) is 21.0 Å². The predicted molar refractivity (Wildman–Crippen MR) is 89.2 cm³/mol. The Kier molecular flexibility index (Phi) is 6.20. The van der Waals surface area contributed by atoms with E-state index < -0.39 is 0 Å². The SMILES string of the molecule is Cc1csc(CCCCNC(=O)NC2CCCC2(C)CO)n1. The Bertz CT molecular complexity index is 491. The molecule has 2 rings (SSSR count). The zero-order valence-corrected chi connectivity index (χ0v) is 14.3. The van der Waals surface area contributed by atoms with Crippen LogP contribution in [0.3, 0.4) is 0 Å². The van der Waals surface area contributed by atoms with Crippen LogP contribution in [0, 0.1) is 12.3 Å². The molecule has 1 heterocycles. The molecule has 6 heteroatoms. The largest absolute Gasteiger partial charge is 0.396 e. The molecule has 1 aliphatic rings. The molecule has 0 aliphatic heterocycles. The molecule has 1 aromatic rings. The van der Waals surface area contributed by atoms with Crippen LogP contribution in [0.5, 0.6) is 0 Å². The Morgan fingerprint density at radius 3 is 3.05 bits per heavy atom. The maximum Gasteiger partial charge on any atom is 0.315 e. The first-order chi connectivity index (χ1) is 10.5. The number of aromatic nitrogens is 1. The predicted octanol–water partition coefficient (Wildman–Crippen LogP) is 2.62. The smallest absolute Gasteiger partial charge is 0.315 e. The summed E-state index contributed by atoms with van der Waals surface area (Å²) in [7, 11) is 0. The Hall–Kier alpha value is -1.14. The molecule has 22 heavy (non-hydrogen) atoms. The quantitative estimate of drug-likeness (QED) is 0.675. The number of carbonyl (C=O) groups excluding carboxylic acids is 1. The van der Waals surface area contributed by atoms with Crippen molar-refractivity contribution in [2.75, 3.05) is 13.2 Å². The molecule has 1 fully saturated rings. The van der Waals surface area contributed by atoms with E-state index >= 15 is 0 Å². The van der Waals surface area contributed by atoms with E-state index in [-0.39, 0.29) is 24.1 Å². The van der Waals surface area contributed by atoms with Gasteiger partial charge in [-0.15, -0.1) is 11.3 Å².